The number of nitrogens with one attached hydrogen (secondary N) is 2. The third-order valence-corrected chi connectivity index (χ3v) is 5.58. The molecule has 2 N–H and O–H groups in total. The molecule has 0 spiro atoms. The van der Waals surface area contributed by atoms with E-state index in [1.807, 2.05) is 73.7 Å². The normalized spacial score (nSPS) is 10.6. The van der Waals surface area contributed by atoms with Crippen LogP contribution in [0.2, 0.25) is 0 Å². The van der Waals surface area contributed by atoms with Crippen molar-refractivity contribution in [3.63, 3.8) is 0 Å². The van der Waals surface area contributed by atoms with Crippen LogP contribution in [0.25, 0.3) is 22.5 Å². The predicted octanol–water partition coefficient (Wildman–Crippen LogP) is 4.78. The Morgan fingerprint density at radius 1 is 0.857 bits per heavy atom. The number of hydrogen-bond donors (Lipinski definition) is 2. The predicted molar refractivity (Wildman–Crippen MR) is 133 cm³/mol. The highest BCUT2D eigenvalue weighted by Crippen LogP contribution is 2.29. The van der Waals surface area contributed by atoms with E-state index < -0.39 is 5.91 Å². The Morgan fingerprint density at radius 2 is 1.60 bits per heavy atom. The van der Waals surface area contributed by atoms with E-state index in [2.05, 4.69) is 22.8 Å². The summed E-state index contributed by atoms with van der Waals surface area (Å²) in [5.41, 5.74) is 9.97. The Balaban J connectivity index is 1.22. The molecule has 3 aromatic carbocycles. The van der Waals surface area contributed by atoms with Crippen LogP contribution in [0.5, 0.6) is 5.75 Å². The lowest BCUT2D eigenvalue weighted by molar-refractivity contribution is -0.130. The maximum atomic E-state index is 12.2. The summed E-state index contributed by atoms with van der Waals surface area (Å²) >= 11 is 0. The van der Waals surface area contributed by atoms with Gasteiger partial charge in [0.1, 0.15) is 5.75 Å². The second-order valence-corrected chi connectivity index (χ2v) is 8.16. The Kier molecular flexibility index (Phi) is 7.57. The van der Waals surface area contributed by atoms with Gasteiger partial charge in [-0.25, -0.2) is 4.98 Å². The van der Waals surface area contributed by atoms with Gasteiger partial charge >= 0.3 is 0 Å². The quantitative estimate of drug-likeness (QED) is 0.362. The maximum Gasteiger partial charge on any atom is 0.276 e. The molecule has 0 aliphatic carbocycles. The molecule has 0 aliphatic rings. The molecule has 4 rings (SSSR count). The van der Waals surface area contributed by atoms with E-state index in [-0.39, 0.29) is 18.9 Å². The number of aromatic nitrogens is 1. The summed E-state index contributed by atoms with van der Waals surface area (Å²) in [5, 5.41) is 0. The topological polar surface area (TPSA) is 93.5 Å². The number of hydrogen-bond acceptors (Lipinski definition) is 5. The second-order valence-electron chi connectivity index (χ2n) is 8.16. The van der Waals surface area contributed by atoms with Crippen LogP contribution in [0.3, 0.4) is 0 Å². The zero-order chi connectivity index (χ0) is 24.6. The van der Waals surface area contributed by atoms with Gasteiger partial charge in [-0.05, 0) is 42.7 Å². The van der Waals surface area contributed by atoms with Crippen molar-refractivity contribution in [1.29, 1.82) is 0 Å². The van der Waals surface area contributed by atoms with Crippen LogP contribution in [0.1, 0.15) is 23.4 Å². The van der Waals surface area contributed by atoms with Crippen molar-refractivity contribution in [2.24, 2.45) is 0 Å². The number of hydrazine groups is 1. The number of benzene rings is 3. The smallest absolute Gasteiger partial charge is 0.276 e. The van der Waals surface area contributed by atoms with Crippen LogP contribution in [-0.4, -0.2) is 23.4 Å². The lowest BCUT2D eigenvalue weighted by Gasteiger charge is -2.12. The molecular formula is C28H27N3O4. The zero-order valence-electron chi connectivity index (χ0n) is 19.7. The van der Waals surface area contributed by atoms with Gasteiger partial charge < -0.3 is 9.15 Å². The van der Waals surface area contributed by atoms with E-state index in [0.29, 0.717) is 23.8 Å². The number of oxazole rings is 1. The highest BCUT2D eigenvalue weighted by molar-refractivity contribution is 5.83. The molecule has 0 saturated carbocycles. The van der Waals surface area contributed by atoms with Crippen LogP contribution in [0.4, 0.5) is 0 Å². The molecule has 1 aromatic heterocycles. The molecule has 7 nitrogen and oxygen atoms in total. The molecule has 1 heterocycles. The zero-order valence-corrected chi connectivity index (χ0v) is 19.7. The van der Waals surface area contributed by atoms with Crippen molar-refractivity contribution < 1.29 is 18.7 Å². The van der Waals surface area contributed by atoms with Crippen molar-refractivity contribution in [2.45, 2.75) is 26.7 Å². The fourth-order valence-corrected chi connectivity index (χ4v) is 3.50. The molecule has 0 unspecified atom stereocenters. The molecule has 4 aromatic rings. The molecule has 2 amide bonds. The van der Waals surface area contributed by atoms with Crippen LogP contribution in [-0.2, 0) is 16.0 Å². The molecule has 7 heteroatoms. The van der Waals surface area contributed by atoms with E-state index in [4.69, 9.17) is 9.15 Å². The van der Waals surface area contributed by atoms with Crippen molar-refractivity contribution in [3.8, 4) is 28.2 Å². The van der Waals surface area contributed by atoms with E-state index in [1.165, 1.54) is 11.1 Å². The fourth-order valence-electron chi connectivity index (χ4n) is 3.50. The lowest BCUT2D eigenvalue weighted by atomic mass is 10.1. The number of carbonyl (C=O) groups excluding carboxylic acids is 2. The van der Waals surface area contributed by atoms with Gasteiger partial charge in [-0.15, -0.1) is 0 Å². The Hall–Kier alpha value is -4.39. The minimum absolute atomic E-state index is 0.116. The van der Waals surface area contributed by atoms with E-state index in [0.717, 1.165) is 16.7 Å². The van der Waals surface area contributed by atoms with Gasteiger partial charge in [0.2, 0.25) is 5.91 Å². The molecular weight excluding hydrogens is 442 g/mol. The van der Waals surface area contributed by atoms with Crippen molar-refractivity contribution in [3.05, 3.63) is 96.0 Å². The number of nitrogens with zero attached hydrogens (tertiary/aromatic N) is 1. The highest BCUT2D eigenvalue weighted by atomic mass is 16.5. The van der Waals surface area contributed by atoms with Crippen LogP contribution in [0.15, 0.2) is 83.4 Å². The SMILES string of the molecule is Cc1ccc(-c2cnc(CCC(=O)NNC(=O)COc3ccccc3-c3ccccc3)o2)cc1C. The molecule has 0 atom stereocenters. The van der Waals surface area contributed by atoms with Crippen molar-refractivity contribution in [1.82, 2.24) is 15.8 Å². The summed E-state index contributed by atoms with van der Waals surface area (Å²) in [5.74, 6) is 0.886. The van der Waals surface area contributed by atoms with Gasteiger partial charge in [-0.1, -0.05) is 60.7 Å². The van der Waals surface area contributed by atoms with Gasteiger partial charge in [0, 0.05) is 24.0 Å². The van der Waals surface area contributed by atoms with Crippen molar-refractivity contribution in [2.75, 3.05) is 6.61 Å². The van der Waals surface area contributed by atoms with Crippen LogP contribution in [0, 0.1) is 13.8 Å². The van der Waals surface area contributed by atoms with Gasteiger partial charge in [0.05, 0.1) is 6.20 Å². The average molecular weight is 470 g/mol. The lowest BCUT2D eigenvalue weighted by Crippen LogP contribution is -2.43. The Morgan fingerprint density at radius 3 is 2.40 bits per heavy atom. The first kappa shape index (κ1) is 23.8. The van der Waals surface area contributed by atoms with Crippen LogP contribution < -0.4 is 15.6 Å². The fraction of sp³-hybridized carbons (Fsp3) is 0.179. The molecule has 0 aliphatic heterocycles. The summed E-state index contributed by atoms with van der Waals surface area (Å²) in [6.07, 6.45) is 2.09. The van der Waals surface area contributed by atoms with Gasteiger partial charge in [0.25, 0.3) is 5.91 Å². The minimum Gasteiger partial charge on any atom is -0.483 e. The molecule has 35 heavy (non-hydrogen) atoms. The Labute approximate surface area is 204 Å². The number of amides is 2. The Bertz CT molecular complexity index is 1310. The molecule has 0 bridgehead atoms. The summed E-state index contributed by atoms with van der Waals surface area (Å²) in [4.78, 5) is 28.6. The van der Waals surface area contributed by atoms with Crippen LogP contribution >= 0.6 is 0 Å². The number of carbonyl (C=O) groups is 2. The standard InChI is InChI=1S/C28H27N3O4/c1-19-12-13-22(16-20(19)2)25-17-29-28(35-25)15-14-26(32)30-31-27(33)18-34-24-11-7-6-10-23(24)21-8-4-3-5-9-21/h3-13,16-17H,14-15,18H2,1-2H3,(H,30,32)(H,31,33). The van der Waals surface area contributed by atoms with Crippen molar-refractivity contribution >= 4 is 11.8 Å². The monoisotopic (exact) mass is 469 g/mol. The first-order valence-corrected chi connectivity index (χ1v) is 11.4. The maximum absolute atomic E-state index is 12.2. The van der Waals surface area contributed by atoms with E-state index in [1.54, 1.807) is 12.3 Å². The highest BCUT2D eigenvalue weighted by Gasteiger charge is 2.12. The third-order valence-electron chi connectivity index (χ3n) is 5.58. The van der Waals surface area contributed by atoms with E-state index >= 15 is 0 Å². The van der Waals surface area contributed by atoms with Gasteiger partial charge in [-0.2, -0.15) is 0 Å². The van der Waals surface area contributed by atoms with Gasteiger partial charge in [0.15, 0.2) is 18.3 Å². The number of para-hydroxylation sites is 1. The van der Waals surface area contributed by atoms with E-state index in [9.17, 15) is 9.59 Å². The summed E-state index contributed by atoms with van der Waals surface area (Å²) < 4.78 is 11.5. The van der Waals surface area contributed by atoms with Gasteiger partial charge in [-0.3, -0.25) is 20.4 Å². The molecule has 0 radical (unpaired) electrons. The number of aryl methyl sites for hydroxylation is 3. The number of rotatable bonds is 8. The summed E-state index contributed by atoms with van der Waals surface area (Å²) in [6.45, 7) is 3.86. The number of ether oxygens (including phenoxy) is 1. The minimum atomic E-state index is -0.464. The molecule has 178 valence electrons. The first-order valence-electron chi connectivity index (χ1n) is 11.4. The summed E-state index contributed by atoms with van der Waals surface area (Å²) in [7, 11) is 0. The first-order chi connectivity index (χ1) is 17.0. The largest absolute Gasteiger partial charge is 0.483 e. The molecule has 0 saturated heterocycles. The summed E-state index contributed by atoms with van der Waals surface area (Å²) in [6, 6.07) is 23.3. The third kappa shape index (κ3) is 6.35. The second kappa shape index (κ2) is 11.2. The average Bonchev–Trinajstić information content (AvgIpc) is 3.36. The molecule has 0 fully saturated rings.